The number of hydrogen-bond acceptors (Lipinski definition) is 0. The van der Waals surface area contributed by atoms with Gasteiger partial charge in [0.25, 0.3) is 0 Å². The topological polar surface area (TPSA) is 0 Å². The second kappa shape index (κ2) is 2.82. The zero-order valence-corrected chi connectivity index (χ0v) is 7.71. The molecular weight excluding hydrogens is 200 g/mol. The van der Waals surface area contributed by atoms with Gasteiger partial charge in [0.2, 0.25) is 0 Å². The monoisotopic (exact) mass is 208 g/mol. The van der Waals surface area contributed by atoms with Crippen LogP contribution in [0.1, 0.15) is 6.42 Å². The van der Waals surface area contributed by atoms with Crippen LogP contribution in [0.4, 0.5) is 0 Å². The Morgan fingerprint density at radius 2 is 2.18 bits per heavy atom. The molecule has 0 amide bonds. The normalized spacial score (nSPS) is 27.5. The van der Waals surface area contributed by atoms with Crippen LogP contribution >= 0.6 is 15.9 Å². The molecule has 56 valence electrons. The molecule has 0 nitrogen and oxygen atoms in total. The zero-order valence-electron chi connectivity index (χ0n) is 6.13. The molecule has 0 bridgehead atoms. The predicted molar refractivity (Wildman–Crippen MR) is 51.5 cm³/mol. The lowest BCUT2D eigenvalue weighted by Crippen LogP contribution is -2.04. The summed E-state index contributed by atoms with van der Waals surface area (Å²) >= 11 is 3.51. The van der Waals surface area contributed by atoms with Crippen molar-refractivity contribution < 1.29 is 0 Å². The van der Waals surface area contributed by atoms with E-state index in [1.54, 1.807) is 0 Å². The van der Waals surface area contributed by atoms with Gasteiger partial charge < -0.3 is 0 Å². The number of fused-ring (bicyclic) bond motifs is 1. The minimum Gasteiger partial charge on any atom is -0.0767 e. The first kappa shape index (κ1) is 7.11. The second-order valence-corrected chi connectivity index (χ2v) is 3.85. The Hall–Kier alpha value is -0.560. The molecule has 0 spiro atoms. The first-order valence-electron chi connectivity index (χ1n) is 3.77. The van der Waals surface area contributed by atoms with Crippen LogP contribution in [0, 0.1) is 5.92 Å². The lowest BCUT2D eigenvalue weighted by atomic mass is 9.88. The van der Waals surface area contributed by atoms with Gasteiger partial charge in [-0.25, -0.2) is 0 Å². The van der Waals surface area contributed by atoms with Gasteiger partial charge in [-0.05, 0) is 16.5 Å². The minimum absolute atomic E-state index is 0.611. The highest BCUT2D eigenvalue weighted by atomic mass is 79.9. The molecule has 0 heterocycles. The standard InChI is InChI=1S/C10H9Br/c11-10-6-5-8-3-1-2-4-9(8)7-10/h1-6,9H,7H2. The van der Waals surface area contributed by atoms with Crippen molar-refractivity contribution in [1.29, 1.82) is 0 Å². The van der Waals surface area contributed by atoms with E-state index in [-0.39, 0.29) is 0 Å². The molecule has 0 aromatic rings. The fraction of sp³-hybridized carbons (Fsp3) is 0.200. The summed E-state index contributed by atoms with van der Waals surface area (Å²) in [5.41, 5.74) is 1.43. The number of allylic oxidation sites excluding steroid dienone is 8. The van der Waals surface area contributed by atoms with Crippen molar-refractivity contribution in [2.75, 3.05) is 0 Å². The summed E-state index contributed by atoms with van der Waals surface area (Å²) in [5.74, 6) is 0.611. The molecule has 1 atom stereocenters. The molecule has 0 aromatic carbocycles. The summed E-state index contributed by atoms with van der Waals surface area (Å²) in [6.45, 7) is 0. The molecule has 0 aliphatic heterocycles. The molecule has 11 heavy (non-hydrogen) atoms. The van der Waals surface area contributed by atoms with Crippen molar-refractivity contribution in [3.8, 4) is 0 Å². The van der Waals surface area contributed by atoms with Crippen LogP contribution < -0.4 is 0 Å². The van der Waals surface area contributed by atoms with Crippen molar-refractivity contribution >= 4 is 15.9 Å². The average Bonchev–Trinajstić information content (AvgIpc) is 2.04. The fourth-order valence-electron chi connectivity index (χ4n) is 1.43. The van der Waals surface area contributed by atoms with Gasteiger partial charge in [0.1, 0.15) is 0 Å². The molecule has 0 radical (unpaired) electrons. The smallest absolute Gasteiger partial charge is 0.00666 e. The van der Waals surface area contributed by atoms with Crippen LogP contribution in [0.3, 0.4) is 0 Å². The Balaban J connectivity index is 2.33. The highest BCUT2D eigenvalue weighted by Crippen LogP contribution is 2.31. The molecule has 0 saturated heterocycles. The van der Waals surface area contributed by atoms with Gasteiger partial charge in [-0.1, -0.05) is 52.4 Å². The molecule has 0 saturated carbocycles. The van der Waals surface area contributed by atoms with E-state index < -0.39 is 0 Å². The molecule has 0 N–H and O–H groups in total. The van der Waals surface area contributed by atoms with Gasteiger partial charge in [-0.2, -0.15) is 0 Å². The van der Waals surface area contributed by atoms with E-state index in [2.05, 4.69) is 52.4 Å². The maximum Gasteiger partial charge on any atom is 0.00666 e. The number of halogens is 1. The molecular formula is C10H9Br. The summed E-state index contributed by atoms with van der Waals surface area (Å²) < 4.78 is 1.30. The van der Waals surface area contributed by atoms with Gasteiger partial charge >= 0.3 is 0 Å². The highest BCUT2D eigenvalue weighted by molar-refractivity contribution is 9.11. The van der Waals surface area contributed by atoms with Crippen LogP contribution in [0.5, 0.6) is 0 Å². The average molecular weight is 209 g/mol. The van der Waals surface area contributed by atoms with Gasteiger partial charge in [0.05, 0.1) is 0 Å². The zero-order chi connectivity index (χ0) is 7.68. The van der Waals surface area contributed by atoms with E-state index in [1.165, 1.54) is 10.1 Å². The summed E-state index contributed by atoms with van der Waals surface area (Å²) in [4.78, 5) is 0. The highest BCUT2D eigenvalue weighted by Gasteiger charge is 2.14. The van der Waals surface area contributed by atoms with Crippen LogP contribution in [-0.2, 0) is 0 Å². The van der Waals surface area contributed by atoms with E-state index >= 15 is 0 Å². The molecule has 0 aromatic heterocycles. The van der Waals surface area contributed by atoms with Gasteiger partial charge in [-0.3, -0.25) is 0 Å². The van der Waals surface area contributed by atoms with E-state index in [4.69, 9.17) is 0 Å². The van der Waals surface area contributed by atoms with E-state index in [0.717, 1.165) is 6.42 Å². The quantitative estimate of drug-likeness (QED) is 0.573. The van der Waals surface area contributed by atoms with Crippen molar-refractivity contribution in [3.63, 3.8) is 0 Å². The van der Waals surface area contributed by atoms with Crippen LogP contribution in [0.25, 0.3) is 0 Å². The van der Waals surface area contributed by atoms with Gasteiger partial charge in [0.15, 0.2) is 0 Å². The SMILES string of the molecule is BrC1=CC=C2C=CC=CC2C1. The van der Waals surface area contributed by atoms with Crippen molar-refractivity contribution in [3.05, 3.63) is 46.5 Å². The van der Waals surface area contributed by atoms with Crippen molar-refractivity contribution in [2.24, 2.45) is 5.92 Å². The molecule has 2 aliphatic carbocycles. The lowest BCUT2D eigenvalue weighted by Gasteiger charge is -2.19. The van der Waals surface area contributed by atoms with Crippen LogP contribution in [0.2, 0.25) is 0 Å². The van der Waals surface area contributed by atoms with Crippen LogP contribution in [0.15, 0.2) is 46.5 Å². The van der Waals surface area contributed by atoms with Gasteiger partial charge in [-0.15, -0.1) is 0 Å². The maximum absolute atomic E-state index is 3.51. The van der Waals surface area contributed by atoms with E-state index in [1.807, 2.05) is 0 Å². The third kappa shape index (κ3) is 1.38. The maximum atomic E-state index is 3.51. The molecule has 2 aliphatic rings. The lowest BCUT2D eigenvalue weighted by molar-refractivity contribution is 0.774. The molecule has 1 heteroatoms. The van der Waals surface area contributed by atoms with E-state index in [9.17, 15) is 0 Å². The second-order valence-electron chi connectivity index (χ2n) is 2.83. The molecule has 0 fully saturated rings. The first-order chi connectivity index (χ1) is 5.36. The van der Waals surface area contributed by atoms with Crippen molar-refractivity contribution in [2.45, 2.75) is 6.42 Å². The number of hydrogen-bond donors (Lipinski definition) is 0. The molecule has 1 unspecified atom stereocenters. The minimum atomic E-state index is 0.611. The summed E-state index contributed by atoms with van der Waals surface area (Å²) in [6.07, 6.45) is 14.1. The first-order valence-corrected chi connectivity index (χ1v) is 4.57. The Morgan fingerprint density at radius 3 is 3.09 bits per heavy atom. The third-order valence-corrected chi connectivity index (χ3v) is 2.63. The predicted octanol–water partition coefficient (Wildman–Crippen LogP) is 3.34. The summed E-state index contributed by atoms with van der Waals surface area (Å²) in [5, 5.41) is 0. The Bertz CT molecular complexity index is 279. The molecule has 2 rings (SSSR count). The van der Waals surface area contributed by atoms with Crippen molar-refractivity contribution in [1.82, 2.24) is 0 Å². The Labute approximate surface area is 75.1 Å². The fourth-order valence-corrected chi connectivity index (χ4v) is 1.91. The number of rotatable bonds is 0. The van der Waals surface area contributed by atoms with E-state index in [0.29, 0.717) is 5.92 Å². The third-order valence-electron chi connectivity index (χ3n) is 2.04. The Morgan fingerprint density at radius 1 is 1.27 bits per heavy atom. The Kier molecular flexibility index (Phi) is 1.82. The van der Waals surface area contributed by atoms with Gasteiger partial charge in [0, 0.05) is 5.92 Å². The largest absolute Gasteiger partial charge is 0.0767 e. The summed E-state index contributed by atoms with van der Waals surface area (Å²) in [7, 11) is 0. The van der Waals surface area contributed by atoms with Crippen LogP contribution in [-0.4, -0.2) is 0 Å². The summed E-state index contributed by atoms with van der Waals surface area (Å²) in [6, 6.07) is 0.